The number of rotatable bonds is 5. The SMILES string of the molecule is CC(C)(C)NCCC1(Oc2ccccc2Br)CCC1. The summed E-state index contributed by atoms with van der Waals surface area (Å²) < 4.78 is 7.34. The average molecular weight is 326 g/mol. The highest BCUT2D eigenvalue weighted by atomic mass is 79.9. The van der Waals surface area contributed by atoms with Crippen molar-refractivity contribution in [2.24, 2.45) is 0 Å². The van der Waals surface area contributed by atoms with Gasteiger partial charge in [-0.3, -0.25) is 0 Å². The van der Waals surface area contributed by atoms with Crippen LogP contribution < -0.4 is 10.1 Å². The van der Waals surface area contributed by atoms with E-state index in [-0.39, 0.29) is 11.1 Å². The molecular formula is C16H24BrNO. The minimum absolute atomic E-state index is 0.0438. The summed E-state index contributed by atoms with van der Waals surface area (Å²) in [6.07, 6.45) is 4.69. The summed E-state index contributed by atoms with van der Waals surface area (Å²) in [5.41, 5.74) is 0.223. The van der Waals surface area contributed by atoms with Crippen LogP contribution in [0.5, 0.6) is 5.75 Å². The molecule has 1 aromatic carbocycles. The van der Waals surface area contributed by atoms with E-state index in [0.717, 1.165) is 23.2 Å². The predicted molar refractivity (Wildman–Crippen MR) is 83.7 cm³/mol. The van der Waals surface area contributed by atoms with Crippen LogP contribution in [0.4, 0.5) is 0 Å². The molecule has 1 aliphatic rings. The van der Waals surface area contributed by atoms with Gasteiger partial charge >= 0.3 is 0 Å². The Balaban J connectivity index is 1.94. The van der Waals surface area contributed by atoms with Crippen LogP contribution in [0.25, 0.3) is 0 Å². The molecule has 1 saturated carbocycles. The van der Waals surface area contributed by atoms with E-state index < -0.39 is 0 Å². The molecule has 0 saturated heterocycles. The van der Waals surface area contributed by atoms with Crippen molar-refractivity contribution in [1.29, 1.82) is 0 Å². The maximum atomic E-state index is 6.30. The van der Waals surface area contributed by atoms with Crippen LogP contribution >= 0.6 is 15.9 Å². The third kappa shape index (κ3) is 4.22. The molecule has 2 nitrogen and oxygen atoms in total. The number of halogens is 1. The molecule has 0 bridgehead atoms. The van der Waals surface area contributed by atoms with E-state index in [1.54, 1.807) is 0 Å². The molecule has 0 spiro atoms. The number of benzene rings is 1. The van der Waals surface area contributed by atoms with Gasteiger partial charge < -0.3 is 10.1 Å². The number of hydrogen-bond acceptors (Lipinski definition) is 2. The third-order valence-electron chi connectivity index (χ3n) is 3.66. The summed E-state index contributed by atoms with van der Waals surface area (Å²) in [4.78, 5) is 0. The van der Waals surface area contributed by atoms with E-state index in [1.807, 2.05) is 24.3 Å². The fourth-order valence-electron chi connectivity index (χ4n) is 2.40. The maximum Gasteiger partial charge on any atom is 0.134 e. The van der Waals surface area contributed by atoms with E-state index in [1.165, 1.54) is 19.3 Å². The zero-order chi connectivity index (χ0) is 13.9. The molecule has 0 heterocycles. The lowest BCUT2D eigenvalue weighted by Gasteiger charge is -2.43. The standard InChI is InChI=1S/C16H24BrNO/c1-15(2,3)18-12-11-16(9-6-10-16)19-14-8-5-4-7-13(14)17/h4-5,7-8,18H,6,9-12H2,1-3H3. The van der Waals surface area contributed by atoms with Crippen LogP contribution in [0.2, 0.25) is 0 Å². The fourth-order valence-corrected chi connectivity index (χ4v) is 2.77. The lowest BCUT2D eigenvalue weighted by atomic mass is 9.77. The summed E-state index contributed by atoms with van der Waals surface area (Å²) in [7, 11) is 0. The van der Waals surface area contributed by atoms with Crippen molar-refractivity contribution >= 4 is 15.9 Å². The molecule has 0 radical (unpaired) electrons. The molecule has 1 aromatic rings. The van der Waals surface area contributed by atoms with Crippen LogP contribution in [0.1, 0.15) is 46.5 Å². The second-order valence-electron chi connectivity index (χ2n) is 6.50. The molecule has 0 unspecified atom stereocenters. The second-order valence-corrected chi connectivity index (χ2v) is 7.35. The predicted octanol–water partition coefficient (Wildman–Crippen LogP) is 4.53. The van der Waals surface area contributed by atoms with E-state index in [2.05, 4.69) is 42.0 Å². The van der Waals surface area contributed by atoms with Crippen molar-refractivity contribution in [3.8, 4) is 5.75 Å². The Morgan fingerprint density at radius 1 is 1.26 bits per heavy atom. The monoisotopic (exact) mass is 325 g/mol. The smallest absolute Gasteiger partial charge is 0.134 e. The minimum Gasteiger partial charge on any atom is -0.486 e. The van der Waals surface area contributed by atoms with Crippen molar-refractivity contribution in [2.45, 2.75) is 57.6 Å². The van der Waals surface area contributed by atoms with Crippen LogP contribution in [0.3, 0.4) is 0 Å². The molecule has 106 valence electrons. The molecule has 1 aliphatic carbocycles. The summed E-state index contributed by atoms with van der Waals surface area (Å²) in [6, 6.07) is 8.13. The summed E-state index contributed by atoms with van der Waals surface area (Å²) >= 11 is 3.56. The molecule has 2 rings (SSSR count). The van der Waals surface area contributed by atoms with Gasteiger partial charge in [-0.05, 0) is 81.1 Å². The van der Waals surface area contributed by atoms with Gasteiger partial charge in [0.1, 0.15) is 11.4 Å². The Hall–Kier alpha value is -0.540. The average Bonchev–Trinajstić information content (AvgIpc) is 2.27. The molecule has 0 aromatic heterocycles. The Morgan fingerprint density at radius 3 is 2.47 bits per heavy atom. The zero-order valence-electron chi connectivity index (χ0n) is 12.1. The van der Waals surface area contributed by atoms with Gasteiger partial charge in [0.15, 0.2) is 0 Å². The maximum absolute atomic E-state index is 6.30. The topological polar surface area (TPSA) is 21.3 Å². The van der Waals surface area contributed by atoms with Gasteiger partial charge in [0, 0.05) is 5.54 Å². The summed E-state index contributed by atoms with van der Waals surface area (Å²) in [5, 5.41) is 3.55. The second kappa shape index (κ2) is 5.84. The zero-order valence-corrected chi connectivity index (χ0v) is 13.7. The van der Waals surface area contributed by atoms with E-state index >= 15 is 0 Å². The van der Waals surface area contributed by atoms with Crippen LogP contribution in [-0.4, -0.2) is 17.7 Å². The first kappa shape index (κ1) is 14.9. The number of hydrogen-bond donors (Lipinski definition) is 1. The number of ether oxygens (including phenoxy) is 1. The number of para-hydroxylation sites is 1. The Bertz CT molecular complexity index is 421. The molecule has 0 aliphatic heterocycles. The molecule has 0 amide bonds. The van der Waals surface area contributed by atoms with Gasteiger partial charge in [0.05, 0.1) is 4.47 Å². The van der Waals surface area contributed by atoms with Crippen LogP contribution in [0.15, 0.2) is 28.7 Å². The summed E-state index contributed by atoms with van der Waals surface area (Å²) in [5.74, 6) is 0.970. The van der Waals surface area contributed by atoms with Gasteiger partial charge in [-0.2, -0.15) is 0 Å². The van der Waals surface area contributed by atoms with Crippen molar-refractivity contribution in [3.63, 3.8) is 0 Å². The first-order chi connectivity index (χ1) is 8.90. The van der Waals surface area contributed by atoms with Gasteiger partial charge in [-0.1, -0.05) is 12.1 Å². The Labute approximate surface area is 125 Å². The van der Waals surface area contributed by atoms with Gasteiger partial charge in [0.25, 0.3) is 0 Å². The van der Waals surface area contributed by atoms with Gasteiger partial charge in [-0.15, -0.1) is 0 Å². The Kier molecular flexibility index (Phi) is 4.57. The highest BCUT2D eigenvalue weighted by molar-refractivity contribution is 9.10. The van der Waals surface area contributed by atoms with E-state index in [9.17, 15) is 0 Å². The van der Waals surface area contributed by atoms with Crippen molar-refractivity contribution in [1.82, 2.24) is 5.32 Å². The highest BCUT2D eigenvalue weighted by Crippen LogP contribution is 2.41. The molecule has 1 fully saturated rings. The normalized spacial score (nSPS) is 17.9. The summed E-state index contributed by atoms with van der Waals surface area (Å²) in [6.45, 7) is 7.62. The lowest BCUT2D eigenvalue weighted by molar-refractivity contribution is -0.0158. The molecule has 19 heavy (non-hydrogen) atoms. The van der Waals surface area contributed by atoms with Crippen molar-refractivity contribution in [2.75, 3.05) is 6.54 Å². The van der Waals surface area contributed by atoms with Crippen molar-refractivity contribution < 1.29 is 4.74 Å². The van der Waals surface area contributed by atoms with E-state index in [4.69, 9.17) is 4.74 Å². The van der Waals surface area contributed by atoms with Gasteiger partial charge in [-0.25, -0.2) is 0 Å². The lowest BCUT2D eigenvalue weighted by Crippen LogP contribution is -2.47. The number of nitrogens with one attached hydrogen (secondary N) is 1. The van der Waals surface area contributed by atoms with Crippen LogP contribution in [-0.2, 0) is 0 Å². The molecule has 3 heteroatoms. The van der Waals surface area contributed by atoms with Crippen molar-refractivity contribution in [3.05, 3.63) is 28.7 Å². The quantitative estimate of drug-likeness (QED) is 0.858. The molecule has 0 atom stereocenters. The van der Waals surface area contributed by atoms with E-state index in [0.29, 0.717) is 0 Å². The first-order valence-electron chi connectivity index (χ1n) is 7.09. The Morgan fingerprint density at radius 2 is 1.95 bits per heavy atom. The third-order valence-corrected chi connectivity index (χ3v) is 4.32. The molecular weight excluding hydrogens is 302 g/mol. The van der Waals surface area contributed by atoms with Crippen LogP contribution in [0, 0.1) is 0 Å². The minimum atomic E-state index is 0.0438. The largest absolute Gasteiger partial charge is 0.486 e. The highest BCUT2D eigenvalue weighted by Gasteiger charge is 2.39. The first-order valence-corrected chi connectivity index (χ1v) is 7.88. The molecule has 1 N–H and O–H groups in total. The fraction of sp³-hybridized carbons (Fsp3) is 0.625. The van der Waals surface area contributed by atoms with Gasteiger partial charge in [0.2, 0.25) is 0 Å².